The predicted molar refractivity (Wildman–Crippen MR) is 69.8 cm³/mol. The van der Waals surface area contributed by atoms with E-state index in [9.17, 15) is 4.79 Å². The molecule has 0 saturated carbocycles. The van der Waals surface area contributed by atoms with Crippen LogP contribution in [0.4, 0.5) is 0 Å². The number of halogens is 1. The second kappa shape index (κ2) is 5.32. The largest absolute Gasteiger partial charge is 0.495 e. The fourth-order valence-corrected chi connectivity index (χ4v) is 2.12. The quantitative estimate of drug-likeness (QED) is 0.931. The summed E-state index contributed by atoms with van der Waals surface area (Å²) in [7, 11) is 1.55. The molecule has 0 saturated heterocycles. The van der Waals surface area contributed by atoms with E-state index in [2.05, 4.69) is 5.16 Å². The second-order valence-corrected chi connectivity index (χ2v) is 4.29. The number of methoxy groups -OCH3 is 1. The van der Waals surface area contributed by atoms with E-state index in [0.717, 1.165) is 12.0 Å². The number of aromatic carboxylic acids is 1. The summed E-state index contributed by atoms with van der Waals surface area (Å²) in [6.07, 6.45) is 0.736. The van der Waals surface area contributed by atoms with E-state index in [0.29, 0.717) is 22.0 Å². The van der Waals surface area contributed by atoms with Gasteiger partial charge in [0.25, 0.3) is 0 Å². The SMILES string of the molecule is CCc1cc(-c2cc(C(=O)O)on2)cc(Cl)c1OC. The van der Waals surface area contributed by atoms with Crippen molar-refractivity contribution in [3.05, 3.63) is 34.5 Å². The summed E-state index contributed by atoms with van der Waals surface area (Å²) < 4.78 is 9.96. The third-order valence-corrected chi connectivity index (χ3v) is 3.00. The van der Waals surface area contributed by atoms with Gasteiger partial charge >= 0.3 is 5.97 Å². The van der Waals surface area contributed by atoms with Crippen LogP contribution in [0.15, 0.2) is 22.7 Å². The van der Waals surface area contributed by atoms with Crippen LogP contribution in [0.3, 0.4) is 0 Å². The minimum atomic E-state index is -1.16. The Kier molecular flexibility index (Phi) is 3.76. The lowest BCUT2D eigenvalue weighted by molar-refractivity contribution is 0.0652. The number of aromatic nitrogens is 1. The van der Waals surface area contributed by atoms with E-state index in [-0.39, 0.29) is 5.76 Å². The molecule has 19 heavy (non-hydrogen) atoms. The average Bonchev–Trinajstić information content (AvgIpc) is 2.87. The Balaban J connectivity index is 2.50. The van der Waals surface area contributed by atoms with Crippen molar-refractivity contribution in [2.24, 2.45) is 0 Å². The van der Waals surface area contributed by atoms with Gasteiger partial charge in [0, 0.05) is 11.6 Å². The number of aryl methyl sites for hydroxylation is 1. The van der Waals surface area contributed by atoms with Crippen molar-refractivity contribution in [1.29, 1.82) is 0 Å². The average molecular weight is 282 g/mol. The number of carbonyl (C=O) groups is 1. The molecule has 100 valence electrons. The van der Waals surface area contributed by atoms with Gasteiger partial charge in [-0.05, 0) is 24.1 Å². The van der Waals surface area contributed by atoms with Gasteiger partial charge in [-0.1, -0.05) is 23.7 Å². The van der Waals surface area contributed by atoms with Gasteiger partial charge in [0.05, 0.1) is 12.1 Å². The van der Waals surface area contributed by atoms with Crippen molar-refractivity contribution in [3.63, 3.8) is 0 Å². The van der Waals surface area contributed by atoms with Gasteiger partial charge in [0.15, 0.2) is 0 Å². The van der Waals surface area contributed by atoms with Gasteiger partial charge in [-0.15, -0.1) is 0 Å². The summed E-state index contributed by atoms with van der Waals surface area (Å²) in [6.45, 7) is 1.98. The molecular formula is C13H12ClNO4. The Morgan fingerprint density at radius 2 is 2.21 bits per heavy atom. The summed E-state index contributed by atoms with van der Waals surface area (Å²) >= 11 is 6.13. The van der Waals surface area contributed by atoms with E-state index in [1.54, 1.807) is 13.2 Å². The molecule has 0 fully saturated rings. The smallest absolute Gasteiger partial charge is 0.374 e. The highest BCUT2D eigenvalue weighted by Gasteiger charge is 2.15. The Morgan fingerprint density at radius 3 is 2.74 bits per heavy atom. The molecule has 0 bridgehead atoms. The summed E-state index contributed by atoms with van der Waals surface area (Å²) in [5.74, 6) is -0.746. The summed E-state index contributed by atoms with van der Waals surface area (Å²) in [5.41, 5.74) is 2.04. The van der Waals surface area contributed by atoms with Crippen LogP contribution >= 0.6 is 11.6 Å². The molecule has 6 heteroatoms. The zero-order chi connectivity index (χ0) is 14.0. The first kappa shape index (κ1) is 13.4. The molecule has 1 N–H and O–H groups in total. The normalized spacial score (nSPS) is 10.5. The number of hydrogen-bond acceptors (Lipinski definition) is 4. The number of hydrogen-bond donors (Lipinski definition) is 1. The molecule has 1 heterocycles. The molecule has 0 spiro atoms. The van der Waals surface area contributed by atoms with Crippen molar-refractivity contribution in [2.45, 2.75) is 13.3 Å². The zero-order valence-corrected chi connectivity index (χ0v) is 11.2. The van der Waals surface area contributed by atoms with Crippen molar-refractivity contribution in [2.75, 3.05) is 7.11 Å². The topological polar surface area (TPSA) is 72.6 Å². The highest BCUT2D eigenvalue weighted by Crippen LogP contribution is 2.34. The number of nitrogens with zero attached hydrogens (tertiary/aromatic N) is 1. The first-order chi connectivity index (χ1) is 9.06. The van der Waals surface area contributed by atoms with E-state index in [1.807, 2.05) is 13.0 Å². The Bertz CT molecular complexity index is 621. The van der Waals surface area contributed by atoms with E-state index in [1.165, 1.54) is 6.07 Å². The number of benzene rings is 1. The number of rotatable bonds is 4. The first-order valence-electron chi connectivity index (χ1n) is 5.63. The van der Waals surface area contributed by atoms with Crippen LogP contribution < -0.4 is 4.74 Å². The lowest BCUT2D eigenvalue weighted by Gasteiger charge is -2.10. The molecule has 0 amide bonds. The third kappa shape index (κ3) is 2.56. The minimum absolute atomic E-state index is 0.208. The highest BCUT2D eigenvalue weighted by molar-refractivity contribution is 6.32. The Labute approximate surface area is 114 Å². The maximum Gasteiger partial charge on any atom is 0.374 e. The number of carboxylic acids is 1. The summed E-state index contributed by atoms with van der Waals surface area (Å²) in [5, 5.41) is 13.0. The van der Waals surface area contributed by atoms with Gasteiger partial charge < -0.3 is 14.4 Å². The molecule has 0 aliphatic carbocycles. The van der Waals surface area contributed by atoms with Crippen LogP contribution in [0.1, 0.15) is 23.0 Å². The standard InChI is InChI=1S/C13H12ClNO4/c1-3-7-4-8(5-9(14)12(7)18-2)10-6-11(13(16)17)19-15-10/h4-6H,3H2,1-2H3,(H,16,17). The molecule has 0 atom stereocenters. The summed E-state index contributed by atoms with van der Waals surface area (Å²) in [4.78, 5) is 10.8. The Hall–Kier alpha value is -2.01. The van der Waals surface area contributed by atoms with Crippen LogP contribution in [0.25, 0.3) is 11.3 Å². The van der Waals surface area contributed by atoms with Crippen LogP contribution in [-0.2, 0) is 6.42 Å². The number of carboxylic acid groups (broad SMARTS) is 1. The highest BCUT2D eigenvalue weighted by atomic mass is 35.5. The Morgan fingerprint density at radius 1 is 1.47 bits per heavy atom. The van der Waals surface area contributed by atoms with Gasteiger partial charge in [0.1, 0.15) is 11.4 Å². The fourth-order valence-electron chi connectivity index (χ4n) is 1.80. The summed E-state index contributed by atoms with van der Waals surface area (Å²) in [6, 6.07) is 4.89. The molecule has 0 unspecified atom stereocenters. The number of ether oxygens (including phenoxy) is 1. The van der Waals surface area contributed by atoms with E-state index < -0.39 is 5.97 Å². The predicted octanol–water partition coefficient (Wildman–Crippen LogP) is 3.26. The van der Waals surface area contributed by atoms with Gasteiger partial charge in [-0.3, -0.25) is 0 Å². The molecule has 2 rings (SSSR count). The molecule has 0 radical (unpaired) electrons. The first-order valence-corrected chi connectivity index (χ1v) is 6.01. The van der Waals surface area contributed by atoms with Crippen molar-refractivity contribution >= 4 is 17.6 Å². The van der Waals surface area contributed by atoms with Crippen molar-refractivity contribution in [3.8, 4) is 17.0 Å². The van der Waals surface area contributed by atoms with Crippen LogP contribution in [-0.4, -0.2) is 23.3 Å². The molecule has 5 nitrogen and oxygen atoms in total. The van der Waals surface area contributed by atoms with Crippen molar-refractivity contribution < 1.29 is 19.2 Å². The third-order valence-electron chi connectivity index (χ3n) is 2.72. The molecule has 0 aliphatic rings. The van der Waals surface area contributed by atoms with Gasteiger partial charge in [-0.25, -0.2) is 4.79 Å². The van der Waals surface area contributed by atoms with E-state index in [4.69, 9.17) is 26.0 Å². The van der Waals surface area contributed by atoms with Crippen LogP contribution in [0.2, 0.25) is 5.02 Å². The maximum absolute atomic E-state index is 10.8. The maximum atomic E-state index is 10.8. The molecule has 0 aliphatic heterocycles. The minimum Gasteiger partial charge on any atom is -0.495 e. The molecule has 2 aromatic rings. The lowest BCUT2D eigenvalue weighted by atomic mass is 10.0. The monoisotopic (exact) mass is 281 g/mol. The fraction of sp³-hybridized carbons (Fsp3) is 0.231. The molecule has 1 aromatic heterocycles. The second-order valence-electron chi connectivity index (χ2n) is 3.89. The molecule has 1 aromatic carbocycles. The van der Waals surface area contributed by atoms with Crippen LogP contribution in [0, 0.1) is 0 Å². The van der Waals surface area contributed by atoms with E-state index >= 15 is 0 Å². The van der Waals surface area contributed by atoms with Crippen LogP contribution in [0.5, 0.6) is 5.75 Å². The van der Waals surface area contributed by atoms with Crippen molar-refractivity contribution in [1.82, 2.24) is 5.16 Å². The van der Waals surface area contributed by atoms with Gasteiger partial charge in [0.2, 0.25) is 5.76 Å². The van der Waals surface area contributed by atoms with Gasteiger partial charge in [-0.2, -0.15) is 0 Å². The lowest BCUT2D eigenvalue weighted by Crippen LogP contribution is -1.93. The molecular weight excluding hydrogens is 270 g/mol. The zero-order valence-electron chi connectivity index (χ0n) is 10.4.